The molecule has 0 N–H and O–H groups in total. The van der Waals surface area contributed by atoms with E-state index in [-0.39, 0.29) is 11.8 Å². The van der Waals surface area contributed by atoms with Gasteiger partial charge in [0.1, 0.15) is 5.75 Å². The van der Waals surface area contributed by atoms with Crippen molar-refractivity contribution in [3.8, 4) is 5.75 Å². The largest absolute Gasteiger partial charge is 0.494 e. The fourth-order valence-electron chi connectivity index (χ4n) is 3.93. The minimum absolute atomic E-state index is 0.0589. The molecule has 2 aliphatic heterocycles. The van der Waals surface area contributed by atoms with Crippen molar-refractivity contribution in [1.82, 2.24) is 14.7 Å². The van der Waals surface area contributed by atoms with Gasteiger partial charge in [-0.1, -0.05) is 26.2 Å². The Kier molecular flexibility index (Phi) is 8.35. The van der Waals surface area contributed by atoms with Gasteiger partial charge in [0, 0.05) is 44.8 Å². The summed E-state index contributed by atoms with van der Waals surface area (Å²) in [7, 11) is 0. The molecule has 2 heterocycles. The Morgan fingerprint density at radius 3 is 2.14 bits per heavy atom. The van der Waals surface area contributed by atoms with Crippen LogP contribution in [0.4, 0.5) is 0 Å². The van der Waals surface area contributed by atoms with E-state index in [0.29, 0.717) is 31.8 Å². The SMILES string of the molecule is CCCCOc1ccc(C(=O)N2CCN(CC(=O)N3CCCCCC3)CC2)cc1. The maximum Gasteiger partial charge on any atom is 0.253 e. The average molecular weight is 402 g/mol. The quantitative estimate of drug-likeness (QED) is 0.659. The van der Waals surface area contributed by atoms with Gasteiger partial charge in [-0.05, 0) is 43.5 Å². The smallest absolute Gasteiger partial charge is 0.253 e. The van der Waals surface area contributed by atoms with Crippen LogP contribution in [0.25, 0.3) is 0 Å². The number of piperazine rings is 1. The summed E-state index contributed by atoms with van der Waals surface area (Å²) in [5, 5.41) is 0. The van der Waals surface area contributed by atoms with E-state index in [4.69, 9.17) is 4.74 Å². The van der Waals surface area contributed by atoms with Crippen LogP contribution >= 0.6 is 0 Å². The molecular weight excluding hydrogens is 366 g/mol. The lowest BCUT2D eigenvalue weighted by Gasteiger charge is -2.35. The van der Waals surface area contributed by atoms with E-state index < -0.39 is 0 Å². The summed E-state index contributed by atoms with van der Waals surface area (Å²) in [5.41, 5.74) is 0.696. The second-order valence-electron chi connectivity index (χ2n) is 8.09. The molecule has 1 aromatic carbocycles. The van der Waals surface area contributed by atoms with Gasteiger partial charge in [0.2, 0.25) is 5.91 Å². The number of hydrogen-bond donors (Lipinski definition) is 0. The molecule has 0 atom stereocenters. The fourth-order valence-corrected chi connectivity index (χ4v) is 3.93. The molecule has 6 nitrogen and oxygen atoms in total. The molecule has 6 heteroatoms. The van der Waals surface area contributed by atoms with Crippen molar-refractivity contribution in [3.63, 3.8) is 0 Å². The van der Waals surface area contributed by atoms with Crippen molar-refractivity contribution in [2.75, 3.05) is 52.4 Å². The normalized spacial score (nSPS) is 18.4. The van der Waals surface area contributed by atoms with Gasteiger partial charge in [-0.3, -0.25) is 14.5 Å². The number of rotatable bonds is 7. The Bertz CT molecular complexity index is 646. The van der Waals surface area contributed by atoms with Crippen molar-refractivity contribution in [1.29, 1.82) is 0 Å². The molecule has 0 saturated carbocycles. The van der Waals surface area contributed by atoms with Crippen LogP contribution in [0.15, 0.2) is 24.3 Å². The number of nitrogens with zero attached hydrogens (tertiary/aromatic N) is 3. The summed E-state index contributed by atoms with van der Waals surface area (Å²) in [5.74, 6) is 1.11. The van der Waals surface area contributed by atoms with Gasteiger partial charge in [-0.25, -0.2) is 0 Å². The lowest BCUT2D eigenvalue weighted by Crippen LogP contribution is -2.51. The third kappa shape index (κ3) is 6.46. The number of amides is 2. The standard InChI is InChI=1S/C23H35N3O3/c1-2-3-18-29-21-10-8-20(9-11-21)23(28)26-16-14-24(15-17-26)19-22(27)25-12-6-4-5-7-13-25/h8-11H,2-7,12-19H2,1H3. The van der Waals surface area contributed by atoms with Crippen LogP contribution < -0.4 is 4.74 Å². The first-order valence-electron chi connectivity index (χ1n) is 11.2. The Hall–Kier alpha value is -2.08. The van der Waals surface area contributed by atoms with Crippen molar-refractivity contribution >= 4 is 11.8 Å². The zero-order chi connectivity index (χ0) is 20.5. The number of carbonyl (C=O) groups excluding carboxylic acids is 2. The lowest BCUT2D eigenvalue weighted by molar-refractivity contribution is -0.132. The molecule has 160 valence electrons. The zero-order valence-electron chi connectivity index (χ0n) is 17.8. The van der Waals surface area contributed by atoms with E-state index in [1.165, 1.54) is 12.8 Å². The Morgan fingerprint density at radius 1 is 0.862 bits per heavy atom. The Morgan fingerprint density at radius 2 is 1.52 bits per heavy atom. The Labute approximate surface area is 174 Å². The van der Waals surface area contributed by atoms with E-state index in [1.807, 2.05) is 34.1 Å². The van der Waals surface area contributed by atoms with Crippen LogP contribution in [0.1, 0.15) is 55.8 Å². The fraction of sp³-hybridized carbons (Fsp3) is 0.652. The van der Waals surface area contributed by atoms with Crippen LogP contribution in [0.2, 0.25) is 0 Å². The van der Waals surface area contributed by atoms with Gasteiger partial charge in [0.15, 0.2) is 0 Å². The third-order valence-corrected chi connectivity index (χ3v) is 5.85. The molecule has 2 saturated heterocycles. The monoisotopic (exact) mass is 401 g/mol. The molecule has 0 aliphatic carbocycles. The molecule has 0 radical (unpaired) electrons. The first-order valence-corrected chi connectivity index (χ1v) is 11.2. The van der Waals surface area contributed by atoms with Gasteiger partial charge in [0.05, 0.1) is 13.2 Å². The van der Waals surface area contributed by atoms with Crippen LogP contribution in [0.5, 0.6) is 5.75 Å². The maximum absolute atomic E-state index is 12.8. The second-order valence-corrected chi connectivity index (χ2v) is 8.09. The number of ether oxygens (including phenoxy) is 1. The molecule has 0 aromatic heterocycles. The lowest BCUT2D eigenvalue weighted by atomic mass is 10.1. The summed E-state index contributed by atoms with van der Waals surface area (Å²) in [6.45, 7) is 7.96. The highest BCUT2D eigenvalue weighted by molar-refractivity contribution is 5.94. The highest BCUT2D eigenvalue weighted by Crippen LogP contribution is 2.16. The Balaban J connectivity index is 1.43. The van der Waals surface area contributed by atoms with Crippen molar-refractivity contribution in [2.45, 2.75) is 45.4 Å². The van der Waals surface area contributed by atoms with Crippen LogP contribution in [-0.2, 0) is 4.79 Å². The third-order valence-electron chi connectivity index (χ3n) is 5.85. The predicted octanol–water partition coefficient (Wildman–Crippen LogP) is 3.03. The summed E-state index contributed by atoms with van der Waals surface area (Å²) >= 11 is 0. The number of unbranched alkanes of at least 4 members (excludes halogenated alkanes) is 1. The molecule has 29 heavy (non-hydrogen) atoms. The molecule has 2 amide bonds. The minimum atomic E-state index is 0.0589. The molecule has 2 aliphatic rings. The van der Waals surface area contributed by atoms with E-state index in [2.05, 4.69) is 11.8 Å². The van der Waals surface area contributed by atoms with Crippen molar-refractivity contribution in [3.05, 3.63) is 29.8 Å². The van der Waals surface area contributed by atoms with Gasteiger partial charge >= 0.3 is 0 Å². The highest BCUT2D eigenvalue weighted by Gasteiger charge is 2.25. The van der Waals surface area contributed by atoms with E-state index in [1.54, 1.807) is 0 Å². The molecule has 2 fully saturated rings. The molecule has 0 bridgehead atoms. The van der Waals surface area contributed by atoms with Gasteiger partial charge in [0.25, 0.3) is 5.91 Å². The minimum Gasteiger partial charge on any atom is -0.494 e. The maximum atomic E-state index is 12.8. The number of benzene rings is 1. The summed E-state index contributed by atoms with van der Waals surface area (Å²) in [6, 6.07) is 7.44. The summed E-state index contributed by atoms with van der Waals surface area (Å²) in [4.78, 5) is 31.4. The predicted molar refractivity (Wildman–Crippen MR) is 114 cm³/mol. The van der Waals surface area contributed by atoms with Crippen LogP contribution in [0.3, 0.4) is 0 Å². The summed E-state index contributed by atoms with van der Waals surface area (Å²) < 4.78 is 5.67. The summed E-state index contributed by atoms with van der Waals surface area (Å²) in [6.07, 6.45) is 6.84. The van der Waals surface area contributed by atoms with E-state index in [0.717, 1.165) is 57.6 Å². The van der Waals surface area contributed by atoms with Crippen molar-refractivity contribution in [2.24, 2.45) is 0 Å². The highest BCUT2D eigenvalue weighted by atomic mass is 16.5. The first-order chi connectivity index (χ1) is 14.2. The molecule has 1 aromatic rings. The molecule has 0 spiro atoms. The van der Waals surface area contributed by atoms with Crippen LogP contribution in [0, 0.1) is 0 Å². The molecule has 0 unspecified atom stereocenters. The number of carbonyl (C=O) groups is 2. The topological polar surface area (TPSA) is 53.1 Å². The second kappa shape index (κ2) is 11.2. The van der Waals surface area contributed by atoms with Crippen molar-refractivity contribution < 1.29 is 14.3 Å². The molecule has 3 rings (SSSR count). The molecular formula is C23H35N3O3. The average Bonchev–Trinajstić information content (AvgIpc) is 3.04. The first kappa shape index (κ1) is 21.6. The van der Waals surface area contributed by atoms with Gasteiger partial charge < -0.3 is 14.5 Å². The number of likely N-dealkylation sites (tertiary alicyclic amines) is 1. The van der Waals surface area contributed by atoms with E-state index in [9.17, 15) is 9.59 Å². The number of hydrogen-bond acceptors (Lipinski definition) is 4. The zero-order valence-corrected chi connectivity index (χ0v) is 17.8. The van der Waals surface area contributed by atoms with E-state index >= 15 is 0 Å². The van der Waals surface area contributed by atoms with Crippen LogP contribution in [-0.4, -0.2) is 78.9 Å². The van der Waals surface area contributed by atoms with Gasteiger partial charge in [-0.2, -0.15) is 0 Å². The van der Waals surface area contributed by atoms with Gasteiger partial charge in [-0.15, -0.1) is 0 Å².